The summed E-state index contributed by atoms with van der Waals surface area (Å²) < 4.78 is 11.4. The number of amides is 3. The molecule has 0 aliphatic carbocycles. The van der Waals surface area contributed by atoms with Crippen LogP contribution in [-0.4, -0.2) is 121 Å². The summed E-state index contributed by atoms with van der Waals surface area (Å²) in [4.78, 5) is 49.5. The zero-order valence-corrected chi connectivity index (χ0v) is 27.2. The van der Waals surface area contributed by atoms with Crippen molar-refractivity contribution in [3.8, 4) is 11.4 Å². The van der Waals surface area contributed by atoms with Crippen LogP contribution in [0.3, 0.4) is 0 Å². The Labute approximate surface area is 280 Å². The van der Waals surface area contributed by atoms with E-state index in [2.05, 4.69) is 25.3 Å². The predicted octanol–water partition coefficient (Wildman–Crippen LogP) is 3.70. The molecule has 6 heterocycles. The van der Waals surface area contributed by atoms with Gasteiger partial charge in [-0.3, -0.25) is 4.79 Å². The number of hydrogen-bond donors (Lipinski definition) is 2. The van der Waals surface area contributed by atoms with Crippen molar-refractivity contribution in [2.75, 3.05) is 86.1 Å². The Kier molecular flexibility index (Phi) is 8.81. The molecular weight excluding hydrogens is 610 g/mol. The molecule has 2 aromatic carbocycles. The summed E-state index contributed by atoms with van der Waals surface area (Å²) in [7, 11) is 0. The van der Waals surface area contributed by atoms with Gasteiger partial charge in [-0.05, 0) is 93.7 Å². The third kappa shape index (κ3) is 6.67. The first-order valence-corrected chi connectivity index (χ1v) is 17.3. The first-order chi connectivity index (χ1) is 23.6. The van der Waals surface area contributed by atoms with Crippen molar-refractivity contribution in [2.45, 2.75) is 50.3 Å². The van der Waals surface area contributed by atoms with Crippen molar-refractivity contribution in [2.24, 2.45) is 0 Å². The van der Waals surface area contributed by atoms with Gasteiger partial charge >= 0.3 is 6.03 Å². The molecule has 0 saturated carbocycles. The molecule has 5 fully saturated rings. The standard InChI is InChI=1S/C35H43N9O4/c45-32(42-15-11-28(12-16-42)41-13-1-2-14-41)25-5-9-27(10-6-25)37-35(46)36-26-7-3-24(4-8-26)31-38-33(43-17-19-47-20-18-43)40-34(39-31)44-22-30-21-29(44)23-48-30/h3-10,28-30H,1-2,11-23H2,(H2,36,37,46)/t29-,30-/m0/s1. The lowest BCUT2D eigenvalue weighted by Gasteiger charge is -2.36. The molecule has 5 aliphatic heterocycles. The van der Waals surface area contributed by atoms with E-state index in [4.69, 9.17) is 24.4 Å². The largest absolute Gasteiger partial charge is 0.378 e. The van der Waals surface area contributed by atoms with Crippen LogP contribution in [0.15, 0.2) is 48.5 Å². The quantitative estimate of drug-likeness (QED) is 0.390. The molecule has 3 amide bonds. The van der Waals surface area contributed by atoms with Gasteiger partial charge in [-0.15, -0.1) is 0 Å². The number of nitrogens with zero attached hydrogens (tertiary/aromatic N) is 7. The molecule has 1 aromatic heterocycles. The molecule has 2 bridgehead atoms. The minimum Gasteiger partial charge on any atom is -0.378 e. The Hall–Kier alpha value is -4.33. The number of benzene rings is 2. The Bertz CT molecular complexity index is 1600. The highest BCUT2D eigenvalue weighted by molar-refractivity contribution is 6.00. The van der Waals surface area contributed by atoms with Crippen LogP contribution in [0.25, 0.3) is 11.4 Å². The second-order valence-electron chi connectivity index (χ2n) is 13.4. The lowest BCUT2D eigenvalue weighted by atomic mass is 10.0. The van der Waals surface area contributed by atoms with Gasteiger partial charge in [0, 0.05) is 61.3 Å². The number of nitrogens with one attached hydrogen (secondary N) is 2. The number of carbonyl (C=O) groups is 2. The fourth-order valence-corrected chi connectivity index (χ4v) is 7.58. The molecule has 5 aliphatic rings. The molecule has 252 valence electrons. The Morgan fingerprint density at radius 2 is 1.42 bits per heavy atom. The van der Waals surface area contributed by atoms with Crippen LogP contribution in [0, 0.1) is 0 Å². The zero-order valence-electron chi connectivity index (χ0n) is 27.2. The van der Waals surface area contributed by atoms with Crippen molar-refractivity contribution in [3.05, 3.63) is 54.1 Å². The molecule has 0 spiro atoms. The highest BCUT2D eigenvalue weighted by Crippen LogP contribution is 2.33. The molecule has 13 heteroatoms. The van der Waals surface area contributed by atoms with Gasteiger partial charge in [-0.25, -0.2) is 4.79 Å². The maximum Gasteiger partial charge on any atom is 0.323 e. The van der Waals surface area contributed by atoms with Crippen LogP contribution < -0.4 is 20.4 Å². The maximum absolute atomic E-state index is 13.1. The molecule has 2 N–H and O–H groups in total. The van der Waals surface area contributed by atoms with Crippen LogP contribution in [-0.2, 0) is 9.47 Å². The zero-order chi connectivity index (χ0) is 32.5. The molecule has 3 aromatic rings. The number of anilines is 4. The Balaban J connectivity index is 0.885. The van der Waals surface area contributed by atoms with Crippen LogP contribution in [0.1, 0.15) is 42.5 Å². The number of ether oxygens (including phenoxy) is 2. The van der Waals surface area contributed by atoms with Crippen LogP contribution in [0.4, 0.5) is 28.1 Å². The molecule has 0 radical (unpaired) electrons. The first kappa shape index (κ1) is 31.0. The Morgan fingerprint density at radius 1 is 0.750 bits per heavy atom. The van der Waals surface area contributed by atoms with E-state index in [-0.39, 0.29) is 24.1 Å². The van der Waals surface area contributed by atoms with E-state index >= 15 is 0 Å². The number of aromatic nitrogens is 3. The molecule has 48 heavy (non-hydrogen) atoms. The normalized spacial score (nSPS) is 23.1. The van der Waals surface area contributed by atoms with Gasteiger partial charge in [-0.1, -0.05) is 0 Å². The smallest absolute Gasteiger partial charge is 0.323 e. The van der Waals surface area contributed by atoms with Crippen LogP contribution in [0.5, 0.6) is 0 Å². The molecule has 5 saturated heterocycles. The summed E-state index contributed by atoms with van der Waals surface area (Å²) in [6.07, 6.45) is 5.88. The van der Waals surface area contributed by atoms with Gasteiger partial charge in [0.25, 0.3) is 5.91 Å². The number of likely N-dealkylation sites (tertiary alicyclic amines) is 2. The highest BCUT2D eigenvalue weighted by atomic mass is 16.5. The number of carbonyl (C=O) groups excluding carboxylic acids is 2. The Morgan fingerprint density at radius 3 is 2.06 bits per heavy atom. The fraction of sp³-hybridized carbons (Fsp3) is 0.514. The van der Waals surface area contributed by atoms with Crippen molar-refractivity contribution in [1.29, 1.82) is 0 Å². The fourth-order valence-electron chi connectivity index (χ4n) is 7.58. The molecular formula is C35H43N9O4. The molecule has 2 atom stereocenters. The van der Waals surface area contributed by atoms with E-state index in [9.17, 15) is 9.59 Å². The van der Waals surface area contributed by atoms with E-state index in [1.54, 1.807) is 24.3 Å². The summed E-state index contributed by atoms with van der Waals surface area (Å²) in [5, 5.41) is 5.77. The third-order valence-electron chi connectivity index (χ3n) is 10.3. The second kappa shape index (κ2) is 13.7. The highest BCUT2D eigenvalue weighted by Gasteiger charge is 2.41. The lowest BCUT2D eigenvalue weighted by molar-refractivity contribution is 0.0644. The van der Waals surface area contributed by atoms with Crippen LogP contribution in [0.2, 0.25) is 0 Å². The van der Waals surface area contributed by atoms with Gasteiger partial charge in [0.1, 0.15) is 0 Å². The monoisotopic (exact) mass is 653 g/mol. The van der Waals surface area contributed by atoms with Gasteiger partial charge < -0.3 is 39.7 Å². The third-order valence-corrected chi connectivity index (χ3v) is 10.3. The van der Waals surface area contributed by atoms with E-state index < -0.39 is 0 Å². The van der Waals surface area contributed by atoms with E-state index in [0.717, 1.165) is 57.5 Å². The van der Waals surface area contributed by atoms with Crippen LogP contribution >= 0.6 is 0 Å². The number of fused-ring (bicyclic) bond motifs is 2. The van der Waals surface area contributed by atoms with Gasteiger partial charge in [0.2, 0.25) is 11.9 Å². The van der Waals surface area contributed by atoms with Gasteiger partial charge in [0.05, 0.1) is 32.0 Å². The SMILES string of the molecule is O=C(Nc1ccc(C(=O)N2CCC(N3CCCC3)CC2)cc1)Nc1ccc(-c2nc(N3CCOCC3)nc(N3C[C@@H]4C[C@H]3CO4)n2)cc1. The summed E-state index contributed by atoms with van der Waals surface area (Å²) in [5.41, 5.74) is 2.72. The predicted molar refractivity (Wildman–Crippen MR) is 183 cm³/mol. The van der Waals surface area contributed by atoms with Crippen molar-refractivity contribution >= 4 is 35.2 Å². The lowest BCUT2D eigenvalue weighted by Crippen LogP contribution is -2.45. The molecule has 8 rings (SSSR count). The van der Waals surface area contributed by atoms with Crippen molar-refractivity contribution in [3.63, 3.8) is 0 Å². The average molecular weight is 654 g/mol. The first-order valence-electron chi connectivity index (χ1n) is 17.3. The second-order valence-corrected chi connectivity index (χ2v) is 13.4. The maximum atomic E-state index is 13.1. The summed E-state index contributed by atoms with van der Waals surface area (Å²) in [6, 6.07) is 15.1. The minimum atomic E-state index is -0.367. The minimum absolute atomic E-state index is 0.0509. The van der Waals surface area contributed by atoms with Gasteiger partial charge in [-0.2, -0.15) is 15.0 Å². The van der Waals surface area contributed by atoms with Crippen molar-refractivity contribution < 1.29 is 19.1 Å². The number of urea groups is 1. The molecule has 13 nitrogen and oxygen atoms in total. The molecule has 0 unspecified atom stereocenters. The van der Waals surface area contributed by atoms with Crippen molar-refractivity contribution in [1.82, 2.24) is 24.8 Å². The number of hydrogen-bond acceptors (Lipinski definition) is 10. The van der Waals surface area contributed by atoms with E-state index in [0.29, 0.717) is 60.5 Å². The number of rotatable bonds is 7. The summed E-state index contributed by atoms with van der Waals surface area (Å²) in [6.45, 7) is 8.19. The van der Waals surface area contributed by atoms with E-state index in [1.165, 1.54) is 25.9 Å². The van der Waals surface area contributed by atoms with E-state index in [1.807, 2.05) is 29.2 Å². The topological polar surface area (TPSA) is 128 Å². The number of morpholine rings is 2. The summed E-state index contributed by atoms with van der Waals surface area (Å²) in [5.74, 6) is 1.97. The average Bonchev–Trinajstić information content (AvgIpc) is 3.93. The van der Waals surface area contributed by atoms with Gasteiger partial charge in [0.15, 0.2) is 5.82 Å². The number of piperidine rings is 1. The summed E-state index contributed by atoms with van der Waals surface area (Å²) >= 11 is 0.